The van der Waals surface area contributed by atoms with Crippen LogP contribution in [0.25, 0.3) is 16.6 Å². The second kappa shape index (κ2) is 9.49. The Morgan fingerprint density at radius 1 is 1.03 bits per heavy atom. The normalized spacial score (nSPS) is 12.0. The lowest BCUT2D eigenvalue weighted by Gasteiger charge is -2.26. The number of fused-ring (bicyclic) bond motifs is 1. The van der Waals surface area contributed by atoms with Gasteiger partial charge in [0.1, 0.15) is 18.5 Å². The van der Waals surface area contributed by atoms with E-state index in [1.54, 1.807) is 51.4 Å². The van der Waals surface area contributed by atoms with E-state index in [-0.39, 0.29) is 20.6 Å². The van der Waals surface area contributed by atoms with Gasteiger partial charge < -0.3 is 9.30 Å². The number of aromatic nitrogens is 3. The number of nitrogens with zero attached hydrogens (tertiary/aromatic N) is 4. The van der Waals surface area contributed by atoms with Gasteiger partial charge in [-0.25, -0.2) is 18.4 Å². The second-order valence-electron chi connectivity index (χ2n) is 8.73. The molecule has 0 bridgehead atoms. The van der Waals surface area contributed by atoms with Crippen molar-refractivity contribution >= 4 is 55.8 Å². The number of rotatable bonds is 6. The monoisotopic (exact) mass is 532 g/mol. The van der Waals surface area contributed by atoms with E-state index >= 15 is 0 Å². The topological polar surface area (TPSA) is 94.4 Å². The summed E-state index contributed by atoms with van der Waals surface area (Å²) in [5, 5.41) is 1.07. The van der Waals surface area contributed by atoms with Gasteiger partial charge >= 0.3 is 5.97 Å². The summed E-state index contributed by atoms with van der Waals surface area (Å²) in [7, 11) is -4.23. The van der Waals surface area contributed by atoms with Gasteiger partial charge in [-0.05, 0) is 63.2 Å². The maximum absolute atomic E-state index is 13.7. The Kier molecular flexibility index (Phi) is 6.77. The van der Waals surface area contributed by atoms with Crippen LogP contribution in [-0.2, 0) is 19.6 Å². The molecule has 0 aliphatic carbocycles. The van der Waals surface area contributed by atoms with E-state index in [9.17, 15) is 13.2 Å². The number of anilines is 1. The lowest BCUT2D eigenvalue weighted by atomic mass is 10.2. The first-order valence-corrected chi connectivity index (χ1v) is 12.7. The van der Waals surface area contributed by atoms with E-state index in [1.807, 2.05) is 16.8 Å². The predicted molar refractivity (Wildman–Crippen MR) is 136 cm³/mol. The molecular formula is C24H22Cl2N4O4S. The quantitative estimate of drug-likeness (QED) is 0.314. The van der Waals surface area contributed by atoms with Crippen LogP contribution >= 0.6 is 23.2 Å². The molecule has 0 aliphatic heterocycles. The molecule has 0 aliphatic rings. The van der Waals surface area contributed by atoms with E-state index in [2.05, 4.69) is 9.97 Å². The van der Waals surface area contributed by atoms with Gasteiger partial charge in [0, 0.05) is 21.6 Å². The number of carbonyl (C=O) groups excluding carboxylic acids is 1. The molecule has 0 atom stereocenters. The summed E-state index contributed by atoms with van der Waals surface area (Å²) >= 11 is 12.1. The second-order valence-corrected chi connectivity index (χ2v) is 11.5. The minimum absolute atomic E-state index is 0.141. The van der Waals surface area contributed by atoms with Crippen LogP contribution in [-0.4, -0.2) is 41.1 Å². The Hall–Kier alpha value is -3.14. The molecule has 0 saturated heterocycles. The summed E-state index contributed by atoms with van der Waals surface area (Å²) in [6.07, 6.45) is 6.61. The average molecular weight is 533 g/mol. The number of ether oxygens (including phenoxy) is 1. The number of carbonyl (C=O) groups is 1. The Morgan fingerprint density at radius 2 is 1.69 bits per heavy atom. The minimum Gasteiger partial charge on any atom is -0.459 e. The van der Waals surface area contributed by atoms with Crippen LogP contribution in [0.1, 0.15) is 20.8 Å². The predicted octanol–water partition coefficient (Wildman–Crippen LogP) is 5.26. The third-order valence-electron chi connectivity index (χ3n) is 4.90. The van der Waals surface area contributed by atoms with Crippen LogP contribution in [0.2, 0.25) is 10.0 Å². The van der Waals surface area contributed by atoms with Crippen LogP contribution in [0.15, 0.2) is 72.3 Å². The van der Waals surface area contributed by atoms with Crippen molar-refractivity contribution in [3.8, 4) is 5.69 Å². The lowest BCUT2D eigenvalue weighted by molar-refractivity contribution is -0.152. The number of hydrogen-bond donors (Lipinski definition) is 0. The number of benzene rings is 2. The number of hydrogen-bond acceptors (Lipinski definition) is 6. The molecule has 2 aromatic heterocycles. The van der Waals surface area contributed by atoms with Gasteiger partial charge in [-0.1, -0.05) is 23.2 Å². The lowest BCUT2D eigenvalue weighted by Crippen LogP contribution is -2.39. The van der Waals surface area contributed by atoms with Crippen molar-refractivity contribution in [2.75, 3.05) is 10.8 Å². The van der Waals surface area contributed by atoms with Crippen molar-refractivity contribution in [2.24, 2.45) is 0 Å². The first kappa shape index (κ1) is 25.0. The van der Waals surface area contributed by atoms with Gasteiger partial charge in [0.25, 0.3) is 10.0 Å². The van der Waals surface area contributed by atoms with Crippen molar-refractivity contribution in [2.45, 2.75) is 31.3 Å². The molecule has 182 valence electrons. The molecule has 0 amide bonds. The van der Waals surface area contributed by atoms with Crippen LogP contribution in [0, 0.1) is 0 Å². The number of halogens is 2. The Balaban J connectivity index is 1.80. The molecule has 2 aromatic carbocycles. The summed E-state index contributed by atoms with van der Waals surface area (Å²) in [5.41, 5.74) is 1.05. The van der Waals surface area contributed by atoms with Crippen LogP contribution in [0.4, 0.5) is 5.69 Å². The molecule has 35 heavy (non-hydrogen) atoms. The highest BCUT2D eigenvalue weighted by Gasteiger charge is 2.30. The summed E-state index contributed by atoms with van der Waals surface area (Å²) in [6.45, 7) is 4.59. The van der Waals surface area contributed by atoms with Crippen molar-refractivity contribution in [3.05, 3.63) is 77.4 Å². The molecular weight excluding hydrogens is 511 g/mol. The standard InChI is InChI=1S/C24H22Cl2N4O4S/c1-24(2,3)34-23(31)14-30(35(32,33)21-10-17(25)9-18(26)11-21)19-4-5-22-16(8-19)6-7-29(22)20-12-27-15-28-13-20/h4-13,15H,14H2,1-3H3. The van der Waals surface area contributed by atoms with Gasteiger partial charge in [-0.15, -0.1) is 0 Å². The zero-order valence-corrected chi connectivity index (χ0v) is 21.5. The first-order valence-electron chi connectivity index (χ1n) is 10.5. The molecule has 0 spiro atoms. The molecule has 11 heteroatoms. The van der Waals surface area contributed by atoms with Gasteiger partial charge in [0.2, 0.25) is 0 Å². The number of esters is 1. The Labute approximate surface area is 213 Å². The molecule has 0 N–H and O–H groups in total. The zero-order valence-electron chi connectivity index (χ0n) is 19.1. The zero-order chi connectivity index (χ0) is 25.4. The van der Waals surface area contributed by atoms with Gasteiger partial charge in [0.05, 0.1) is 34.2 Å². The molecule has 0 unspecified atom stereocenters. The Bertz CT molecular complexity index is 1480. The first-order chi connectivity index (χ1) is 16.4. The van der Waals surface area contributed by atoms with E-state index in [0.29, 0.717) is 0 Å². The maximum atomic E-state index is 13.7. The highest BCUT2D eigenvalue weighted by molar-refractivity contribution is 7.92. The fourth-order valence-corrected chi connectivity index (χ4v) is 5.66. The van der Waals surface area contributed by atoms with Gasteiger partial charge in [-0.3, -0.25) is 9.10 Å². The Morgan fingerprint density at radius 3 is 2.31 bits per heavy atom. The van der Waals surface area contributed by atoms with Gasteiger partial charge in [0.15, 0.2) is 0 Å². The van der Waals surface area contributed by atoms with Crippen LogP contribution < -0.4 is 4.31 Å². The van der Waals surface area contributed by atoms with Crippen molar-refractivity contribution in [1.29, 1.82) is 0 Å². The van der Waals surface area contributed by atoms with Gasteiger partial charge in [-0.2, -0.15) is 0 Å². The van der Waals surface area contributed by atoms with Crippen molar-refractivity contribution in [1.82, 2.24) is 14.5 Å². The number of sulfonamides is 1. The summed E-state index contributed by atoms with van der Waals surface area (Å²) in [6, 6.07) is 10.9. The van der Waals surface area contributed by atoms with Crippen LogP contribution in [0.5, 0.6) is 0 Å². The summed E-state index contributed by atoms with van der Waals surface area (Å²) in [4.78, 5) is 20.7. The van der Waals surface area contributed by atoms with E-state index in [0.717, 1.165) is 20.9 Å². The highest BCUT2D eigenvalue weighted by atomic mass is 35.5. The third-order valence-corrected chi connectivity index (χ3v) is 7.09. The SMILES string of the molecule is CC(C)(C)OC(=O)CN(c1ccc2c(ccn2-c2cncnc2)c1)S(=O)(=O)c1cc(Cl)cc(Cl)c1. The van der Waals surface area contributed by atoms with Crippen molar-refractivity contribution < 1.29 is 17.9 Å². The molecule has 4 rings (SSSR count). The smallest absolute Gasteiger partial charge is 0.327 e. The fourth-order valence-electron chi connectivity index (χ4n) is 3.54. The molecule has 0 fully saturated rings. The molecule has 2 heterocycles. The summed E-state index contributed by atoms with van der Waals surface area (Å²) < 4.78 is 35.6. The third kappa shape index (κ3) is 5.58. The maximum Gasteiger partial charge on any atom is 0.327 e. The summed E-state index contributed by atoms with van der Waals surface area (Å²) in [5.74, 6) is -0.701. The van der Waals surface area contributed by atoms with E-state index in [1.165, 1.54) is 24.5 Å². The van der Waals surface area contributed by atoms with E-state index < -0.39 is 28.1 Å². The van der Waals surface area contributed by atoms with Crippen LogP contribution in [0.3, 0.4) is 0 Å². The molecule has 8 nitrogen and oxygen atoms in total. The molecule has 4 aromatic rings. The highest BCUT2D eigenvalue weighted by Crippen LogP contribution is 2.31. The van der Waals surface area contributed by atoms with E-state index in [4.69, 9.17) is 27.9 Å². The van der Waals surface area contributed by atoms with Crippen molar-refractivity contribution in [3.63, 3.8) is 0 Å². The molecule has 0 saturated carbocycles. The molecule has 0 radical (unpaired) electrons. The minimum atomic E-state index is -4.23. The largest absolute Gasteiger partial charge is 0.459 e. The fraction of sp³-hybridized carbons (Fsp3) is 0.208. The average Bonchev–Trinajstić information content (AvgIpc) is 3.19.